The van der Waals surface area contributed by atoms with Crippen molar-refractivity contribution in [1.82, 2.24) is 9.88 Å². The van der Waals surface area contributed by atoms with Crippen LogP contribution in [0.2, 0.25) is 0 Å². The van der Waals surface area contributed by atoms with Gasteiger partial charge >= 0.3 is 0 Å². The second kappa shape index (κ2) is 6.54. The molecule has 2 aromatic heterocycles. The largest absolute Gasteiger partial charge is 0.354 e. The lowest BCUT2D eigenvalue weighted by atomic mass is 10.1. The van der Waals surface area contributed by atoms with Gasteiger partial charge in [-0.15, -0.1) is 11.3 Å². The van der Waals surface area contributed by atoms with Gasteiger partial charge in [-0.1, -0.05) is 31.2 Å². The molecule has 3 nitrogen and oxygen atoms in total. The minimum absolute atomic E-state index is 1.05. The predicted molar refractivity (Wildman–Crippen MR) is 104 cm³/mol. The molecule has 24 heavy (non-hydrogen) atoms. The quantitative estimate of drug-likeness (QED) is 0.705. The van der Waals surface area contributed by atoms with Gasteiger partial charge in [0.25, 0.3) is 0 Å². The molecule has 0 amide bonds. The van der Waals surface area contributed by atoms with Crippen LogP contribution in [-0.4, -0.2) is 42.6 Å². The Morgan fingerprint density at radius 1 is 1.08 bits per heavy atom. The van der Waals surface area contributed by atoms with Crippen LogP contribution in [0.3, 0.4) is 0 Å². The highest BCUT2D eigenvalue weighted by Gasteiger charge is 2.20. The number of aromatic nitrogens is 1. The van der Waals surface area contributed by atoms with Gasteiger partial charge in [0.1, 0.15) is 5.82 Å². The second-order valence-electron chi connectivity index (χ2n) is 6.46. The zero-order valence-corrected chi connectivity index (χ0v) is 15.1. The van der Waals surface area contributed by atoms with E-state index >= 15 is 0 Å². The summed E-state index contributed by atoms with van der Waals surface area (Å²) in [7, 11) is 0. The third kappa shape index (κ3) is 2.92. The third-order valence-electron chi connectivity index (χ3n) is 4.82. The Morgan fingerprint density at radius 3 is 2.58 bits per heavy atom. The minimum atomic E-state index is 1.05. The molecule has 0 saturated carbocycles. The number of likely N-dealkylation sites (N-methyl/N-ethyl adjacent to an activating group) is 1. The van der Waals surface area contributed by atoms with E-state index in [0.29, 0.717) is 0 Å². The van der Waals surface area contributed by atoms with Crippen molar-refractivity contribution < 1.29 is 0 Å². The zero-order chi connectivity index (χ0) is 16.5. The number of hydrogen-bond donors (Lipinski definition) is 0. The summed E-state index contributed by atoms with van der Waals surface area (Å²) < 4.78 is 0. The maximum atomic E-state index is 5.08. The van der Waals surface area contributed by atoms with Crippen LogP contribution in [-0.2, 0) is 0 Å². The molecule has 1 aliphatic heterocycles. The van der Waals surface area contributed by atoms with Crippen LogP contribution in [0.15, 0.2) is 41.8 Å². The lowest BCUT2D eigenvalue weighted by Crippen LogP contribution is -2.46. The van der Waals surface area contributed by atoms with Crippen molar-refractivity contribution in [3.05, 3.63) is 47.3 Å². The highest BCUT2D eigenvalue weighted by atomic mass is 32.1. The smallest absolute Gasteiger partial charge is 0.137 e. The van der Waals surface area contributed by atoms with Gasteiger partial charge in [-0.05, 0) is 41.9 Å². The molecule has 0 N–H and O–H groups in total. The summed E-state index contributed by atoms with van der Waals surface area (Å²) in [5.74, 6) is 1.14. The molecule has 0 spiro atoms. The normalized spacial score (nSPS) is 16.0. The highest BCUT2D eigenvalue weighted by molar-refractivity contribution is 7.13. The number of aryl methyl sites for hydroxylation is 1. The maximum absolute atomic E-state index is 5.08. The van der Waals surface area contributed by atoms with Crippen molar-refractivity contribution in [3.63, 3.8) is 0 Å². The fourth-order valence-electron chi connectivity index (χ4n) is 3.39. The molecular formula is C20H23N3S. The molecule has 1 fully saturated rings. The third-order valence-corrected chi connectivity index (χ3v) is 5.89. The van der Waals surface area contributed by atoms with Crippen LogP contribution in [0.25, 0.3) is 21.3 Å². The fraction of sp³-hybridized carbons (Fsp3) is 0.350. The molecule has 3 heterocycles. The van der Waals surface area contributed by atoms with Gasteiger partial charge < -0.3 is 9.80 Å². The summed E-state index contributed by atoms with van der Waals surface area (Å²) in [6.07, 6.45) is 0. The van der Waals surface area contributed by atoms with Gasteiger partial charge in [-0.3, -0.25) is 0 Å². The van der Waals surface area contributed by atoms with Crippen LogP contribution < -0.4 is 4.90 Å². The lowest BCUT2D eigenvalue weighted by molar-refractivity contribution is 0.271. The molecule has 0 unspecified atom stereocenters. The Labute approximate surface area is 147 Å². The van der Waals surface area contributed by atoms with Gasteiger partial charge in [0.2, 0.25) is 0 Å². The average Bonchev–Trinajstić information content (AvgIpc) is 3.07. The molecule has 0 aliphatic carbocycles. The number of fused-ring (bicyclic) bond motifs is 1. The second-order valence-corrected chi connectivity index (χ2v) is 7.37. The van der Waals surface area contributed by atoms with Gasteiger partial charge in [0.05, 0.1) is 10.6 Å². The van der Waals surface area contributed by atoms with E-state index in [0.717, 1.165) is 44.2 Å². The Bertz CT molecular complexity index is 847. The standard InChI is InChI=1S/C20H23N3S/c1-3-22-8-10-23(11-9-22)20-17-7-5-4-6-16(17)13-18(21-20)19-12-15(2)14-24-19/h4-7,12-14H,3,8-11H2,1-2H3. The number of thiophene rings is 1. The van der Waals surface area contributed by atoms with Crippen molar-refractivity contribution >= 4 is 27.9 Å². The zero-order valence-electron chi connectivity index (χ0n) is 14.3. The Hall–Kier alpha value is -1.91. The molecule has 4 heteroatoms. The number of hydrogen-bond acceptors (Lipinski definition) is 4. The Morgan fingerprint density at radius 2 is 1.88 bits per heavy atom. The lowest BCUT2D eigenvalue weighted by Gasteiger charge is -2.35. The number of anilines is 1. The molecule has 1 aromatic carbocycles. The first-order valence-corrected chi connectivity index (χ1v) is 9.55. The molecule has 1 aliphatic rings. The number of rotatable bonds is 3. The summed E-state index contributed by atoms with van der Waals surface area (Å²) in [6.45, 7) is 9.87. The summed E-state index contributed by atoms with van der Waals surface area (Å²) in [6, 6.07) is 13.1. The Balaban J connectivity index is 1.78. The van der Waals surface area contributed by atoms with E-state index in [1.807, 2.05) is 0 Å². The van der Waals surface area contributed by atoms with Crippen LogP contribution >= 0.6 is 11.3 Å². The molecule has 1 saturated heterocycles. The monoisotopic (exact) mass is 337 g/mol. The number of pyridine rings is 1. The molecule has 0 atom stereocenters. The van der Waals surface area contributed by atoms with E-state index in [9.17, 15) is 0 Å². The van der Waals surface area contributed by atoms with E-state index in [2.05, 4.69) is 65.4 Å². The van der Waals surface area contributed by atoms with Crippen LogP contribution in [0.5, 0.6) is 0 Å². The van der Waals surface area contributed by atoms with Gasteiger partial charge in [-0.2, -0.15) is 0 Å². The SMILES string of the molecule is CCN1CCN(c2nc(-c3cc(C)cs3)cc3ccccc23)CC1. The first kappa shape index (κ1) is 15.6. The molecule has 0 bridgehead atoms. The van der Waals surface area contributed by atoms with Crippen LogP contribution in [0.1, 0.15) is 12.5 Å². The molecule has 4 rings (SSSR count). The topological polar surface area (TPSA) is 19.4 Å². The van der Waals surface area contributed by atoms with Gasteiger partial charge in [0, 0.05) is 31.6 Å². The van der Waals surface area contributed by atoms with Gasteiger partial charge in [-0.25, -0.2) is 4.98 Å². The summed E-state index contributed by atoms with van der Waals surface area (Å²) in [5.41, 5.74) is 2.41. The van der Waals surface area contributed by atoms with E-state index in [4.69, 9.17) is 4.98 Å². The van der Waals surface area contributed by atoms with Crippen molar-refractivity contribution in [2.45, 2.75) is 13.8 Å². The number of nitrogens with zero attached hydrogens (tertiary/aromatic N) is 3. The molecule has 124 valence electrons. The Kier molecular flexibility index (Phi) is 4.25. The summed E-state index contributed by atoms with van der Waals surface area (Å²) in [5, 5.41) is 4.74. The van der Waals surface area contributed by atoms with Crippen molar-refractivity contribution in [2.75, 3.05) is 37.6 Å². The first-order valence-electron chi connectivity index (χ1n) is 8.67. The fourth-order valence-corrected chi connectivity index (χ4v) is 4.25. The van der Waals surface area contributed by atoms with E-state index in [-0.39, 0.29) is 0 Å². The predicted octanol–water partition coefficient (Wildman–Crippen LogP) is 4.41. The number of piperazine rings is 1. The highest BCUT2D eigenvalue weighted by Crippen LogP contribution is 2.33. The van der Waals surface area contributed by atoms with Crippen LogP contribution in [0, 0.1) is 6.92 Å². The minimum Gasteiger partial charge on any atom is -0.354 e. The molecule has 0 radical (unpaired) electrons. The number of benzene rings is 1. The first-order chi connectivity index (χ1) is 11.7. The van der Waals surface area contributed by atoms with E-state index in [1.165, 1.54) is 21.2 Å². The van der Waals surface area contributed by atoms with E-state index < -0.39 is 0 Å². The van der Waals surface area contributed by atoms with E-state index in [1.54, 1.807) is 11.3 Å². The maximum Gasteiger partial charge on any atom is 0.137 e. The average molecular weight is 337 g/mol. The molecular weight excluding hydrogens is 314 g/mol. The summed E-state index contributed by atoms with van der Waals surface area (Å²) in [4.78, 5) is 11.3. The van der Waals surface area contributed by atoms with Crippen molar-refractivity contribution in [3.8, 4) is 10.6 Å². The van der Waals surface area contributed by atoms with Crippen molar-refractivity contribution in [1.29, 1.82) is 0 Å². The molecule has 3 aromatic rings. The van der Waals surface area contributed by atoms with Crippen molar-refractivity contribution in [2.24, 2.45) is 0 Å². The van der Waals surface area contributed by atoms with Crippen LogP contribution in [0.4, 0.5) is 5.82 Å². The summed E-state index contributed by atoms with van der Waals surface area (Å²) >= 11 is 1.78. The van der Waals surface area contributed by atoms with Gasteiger partial charge in [0.15, 0.2) is 0 Å².